The number of nitrogens with zero attached hydrogens (tertiary/aromatic N) is 5. The largest absolute Gasteiger partial charge is 0.466 e. The molecule has 1 saturated heterocycles. The Kier molecular flexibility index (Phi) is 6.34. The van der Waals surface area contributed by atoms with Crippen LogP contribution in [0, 0.1) is 0 Å². The van der Waals surface area contributed by atoms with E-state index in [4.69, 9.17) is 0 Å². The predicted octanol–water partition coefficient (Wildman–Crippen LogP) is 2.82. The van der Waals surface area contributed by atoms with Gasteiger partial charge in [-0.05, 0) is 55.7 Å². The highest BCUT2D eigenvalue weighted by molar-refractivity contribution is 5.86. The maximum Gasteiger partial charge on any atom is 0.330 e. The quantitative estimate of drug-likeness (QED) is 0.552. The first kappa shape index (κ1) is 19.2. The van der Waals surface area contributed by atoms with Crippen LogP contribution in [0.1, 0.15) is 55.7 Å². The van der Waals surface area contributed by atoms with Crippen LogP contribution < -0.4 is 0 Å². The monoisotopic (exact) mass is 369 g/mol. The molecule has 0 aliphatic carbocycles. The summed E-state index contributed by atoms with van der Waals surface area (Å²) >= 11 is 0. The van der Waals surface area contributed by atoms with Gasteiger partial charge in [-0.25, -0.2) is 4.79 Å². The van der Waals surface area contributed by atoms with Crippen molar-refractivity contribution in [3.8, 4) is 0 Å². The lowest BCUT2D eigenvalue weighted by atomic mass is 10.0. The van der Waals surface area contributed by atoms with Crippen LogP contribution in [0.3, 0.4) is 0 Å². The average Bonchev–Trinajstić information content (AvgIpc) is 3.34. The van der Waals surface area contributed by atoms with E-state index in [0.29, 0.717) is 6.04 Å². The second kappa shape index (κ2) is 8.90. The normalized spacial score (nSPS) is 17.9. The standard InChI is InChI=1S/C20H27N5O2/c1-15(2)25-22-19(21-23-25)12-14-24-13-4-5-18(24)17-9-6-16(7-10-17)8-11-20(26)27-3/h6-11,15,18H,4-5,12-14H2,1-3H3/t18-/m0/s1. The summed E-state index contributed by atoms with van der Waals surface area (Å²) in [6.07, 6.45) is 6.37. The Labute approximate surface area is 160 Å². The zero-order valence-corrected chi connectivity index (χ0v) is 16.2. The zero-order valence-electron chi connectivity index (χ0n) is 16.2. The number of rotatable bonds is 7. The highest BCUT2D eigenvalue weighted by atomic mass is 16.5. The van der Waals surface area contributed by atoms with Crippen LogP contribution in [-0.2, 0) is 16.0 Å². The van der Waals surface area contributed by atoms with Gasteiger partial charge in [0.25, 0.3) is 0 Å². The van der Waals surface area contributed by atoms with Crippen molar-refractivity contribution in [2.75, 3.05) is 20.2 Å². The zero-order chi connectivity index (χ0) is 19.2. The van der Waals surface area contributed by atoms with Gasteiger partial charge in [-0.1, -0.05) is 24.3 Å². The molecule has 1 aromatic carbocycles. The Hall–Kier alpha value is -2.54. The average molecular weight is 369 g/mol. The maximum atomic E-state index is 11.2. The number of ether oxygens (including phenoxy) is 1. The Bertz CT molecular complexity index is 782. The number of carbonyl (C=O) groups excluding carboxylic acids is 1. The minimum absolute atomic E-state index is 0.234. The number of hydrogen-bond acceptors (Lipinski definition) is 6. The van der Waals surface area contributed by atoms with Gasteiger partial charge in [-0.3, -0.25) is 4.90 Å². The number of carbonyl (C=O) groups is 1. The summed E-state index contributed by atoms with van der Waals surface area (Å²) in [6.45, 7) is 6.11. The molecule has 1 atom stereocenters. The van der Waals surface area contributed by atoms with Crippen LogP contribution in [0.15, 0.2) is 30.3 Å². The van der Waals surface area contributed by atoms with E-state index in [1.54, 1.807) is 10.9 Å². The number of aromatic nitrogens is 4. The number of esters is 1. The fraction of sp³-hybridized carbons (Fsp3) is 0.500. The van der Waals surface area contributed by atoms with Gasteiger partial charge in [0, 0.05) is 25.1 Å². The van der Waals surface area contributed by atoms with Gasteiger partial charge in [0.05, 0.1) is 13.2 Å². The van der Waals surface area contributed by atoms with E-state index in [9.17, 15) is 4.79 Å². The topological polar surface area (TPSA) is 73.1 Å². The molecule has 0 radical (unpaired) electrons. The third-order valence-corrected chi connectivity index (χ3v) is 4.85. The van der Waals surface area contributed by atoms with Gasteiger partial charge in [-0.15, -0.1) is 10.2 Å². The maximum absolute atomic E-state index is 11.2. The van der Waals surface area contributed by atoms with Crippen molar-refractivity contribution < 1.29 is 9.53 Å². The predicted molar refractivity (Wildman–Crippen MR) is 103 cm³/mol. The third-order valence-electron chi connectivity index (χ3n) is 4.85. The molecule has 144 valence electrons. The summed E-state index contributed by atoms with van der Waals surface area (Å²) in [7, 11) is 1.38. The molecule has 1 aliphatic rings. The number of likely N-dealkylation sites (tertiary alicyclic amines) is 1. The molecule has 3 rings (SSSR count). The van der Waals surface area contributed by atoms with E-state index in [1.807, 2.05) is 26.0 Å². The fourth-order valence-corrected chi connectivity index (χ4v) is 3.35. The van der Waals surface area contributed by atoms with Crippen molar-refractivity contribution in [3.63, 3.8) is 0 Å². The minimum Gasteiger partial charge on any atom is -0.466 e. The highest BCUT2D eigenvalue weighted by Gasteiger charge is 2.25. The molecule has 27 heavy (non-hydrogen) atoms. The van der Waals surface area contributed by atoms with Gasteiger partial charge < -0.3 is 4.74 Å². The highest BCUT2D eigenvalue weighted by Crippen LogP contribution is 2.32. The van der Waals surface area contributed by atoms with Gasteiger partial charge in [0.15, 0.2) is 5.82 Å². The van der Waals surface area contributed by atoms with Crippen LogP contribution in [0.4, 0.5) is 0 Å². The van der Waals surface area contributed by atoms with E-state index in [1.165, 1.54) is 25.2 Å². The third kappa shape index (κ3) is 5.01. The molecule has 2 heterocycles. The number of benzene rings is 1. The molecular weight excluding hydrogens is 342 g/mol. The van der Waals surface area contributed by atoms with Crippen molar-refractivity contribution in [2.45, 2.75) is 45.2 Å². The first-order valence-electron chi connectivity index (χ1n) is 9.45. The minimum atomic E-state index is -0.343. The van der Waals surface area contributed by atoms with E-state index < -0.39 is 0 Å². The summed E-state index contributed by atoms with van der Waals surface area (Å²) < 4.78 is 4.62. The molecular formula is C20H27N5O2. The number of methoxy groups -OCH3 is 1. The lowest BCUT2D eigenvalue weighted by molar-refractivity contribution is -0.134. The molecule has 0 N–H and O–H groups in total. The Morgan fingerprint density at radius 3 is 2.78 bits per heavy atom. The van der Waals surface area contributed by atoms with Crippen molar-refractivity contribution in [1.82, 2.24) is 25.1 Å². The SMILES string of the molecule is COC(=O)C=Cc1ccc([C@@H]2CCCN2CCc2nnn(C(C)C)n2)cc1. The summed E-state index contributed by atoms with van der Waals surface area (Å²) in [4.78, 5) is 15.4. The lowest BCUT2D eigenvalue weighted by Crippen LogP contribution is -2.26. The molecule has 0 unspecified atom stereocenters. The Morgan fingerprint density at radius 2 is 2.11 bits per heavy atom. The Balaban J connectivity index is 1.60. The molecule has 0 bridgehead atoms. The summed E-state index contributed by atoms with van der Waals surface area (Å²) in [5, 5.41) is 12.7. The molecule has 7 heteroatoms. The first-order valence-corrected chi connectivity index (χ1v) is 9.45. The van der Waals surface area contributed by atoms with Crippen molar-refractivity contribution >= 4 is 12.0 Å². The molecule has 7 nitrogen and oxygen atoms in total. The summed E-state index contributed by atoms with van der Waals surface area (Å²) in [6, 6.07) is 9.03. The van der Waals surface area contributed by atoms with E-state index in [0.717, 1.165) is 37.3 Å². The van der Waals surface area contributed by atoms with E-state index >= 15 is 0 Å². The van der Waals surface area contributed by atoms with Crippen molar-refractivity contribution in [2.24, 2.45) is 0 Å². The molecule has 1 fully saturated rings. The van der Waals surface area contributed by atoms with Crippen molar-refractivity contribution in [3.05, 3.63) is 47.3 Å². The first-order chi connectivity index (χ1) is 13.1. The molecule has 2 aromatic rings. The lowest BCUT2D eigenvalue weighted by Gasteiger charge is -2.24. The van der Waals surface area contributed by atoms with Crippen LogP contribution in [0.2, 0.25) is 0 Å². The van der Waals surface area contributed by atoms with Crippen LogP contribution in [0.5, 0.6) is 0 Å². The molecule has 0 saturated carbocycles. The van der Waals surface area contributed by atoms with Gasteiger partial charge in [-0.2, -0.15) is 4.80 Å². The van der Waals surface area contributed by atoms with Crippen molar-refractivity contribution in [1.29, 1.82) is 0 Å². The smallest absolute Gasteiger partial charge is 0.330 e. The molecule has 1 aromatic heterocycles. The van der Waals surface area contributed by atoms with Crippen LogP contribution >= 0.6 is 0 Å². The van der Waals surface area contributed by atoms with Crippen LogP contribution in [0.25, 0.3) is 6.08 Å². The van der Waals surface area contributed by atoms with Gasteiger partial charge in [0.1, 0.15) is 0 Å². The fourth-order valence-electron chi connectivity index (χ4n) is 3.35. The van der Waals surface area contributed by atoms with E-state index in [-0.39, 0.29) is 12.0 Å². The molecule has 0 amide bonds. The molecule has 0 spiro atoms. The second-order valence-electron chi connectivity index (χ2n) is 7.09. The number of hydrogen-bond donors (Lipinski definition) is 0. The molecule has 1 aliphatic heterocycles. The summed E-state index contributed by atoms with van der Waals surface area (Å²) in [5.41, 5.74) is 2.30. The van der Waals surface area contributed by atoms with Gasteiger partial charge >= 0.3 is 5.97 Å². The summed E-state index contributed by atoms with van der Waals surface area (Å²) in [5.74, 6) is 0.460. The number of tetrazole rings is 1. The second-order valence-corrected chi connectivity index (χ2v) is 7.09. The van der Waals surface area contributed by atoms with E-state index in [2.05, 4.69) is 37.2 Å². The Morgan fingerprint density at radius 1 is 1.33 bits per heavy atom. The van der Waals surface area contributed by atoms with Gasteiger partial charge in [0.2, 0.25) is 0 Å². The van der Waals surface area contributed by atoms with Crippen LogP contribution in [-0.4, -0.2) is 51.3 Å².